The first-order chi connectivity index (χ1) is 5.22. The Bertz CT molecular complexity index is 259. The third kappa shape index (κ3) is 4.07. The summed E-state index contributed by atoms with van der Waals surface area (Å²) in [5, 5.41) is 9.06. The molecule has 0 amide bonds. The van der Waals surface area contributed by atoms with Crippen LogP contribution in [0.2, 0.25) is 0 Å². The van der Waals surface area contributed by atoms with Crippen LogP contribution in [0.1, 0.15) is 14.3 Å². The van der Waals surface area contributed by atoms with Crippen molar-refractivity contribution in [3.8, 4) is 0 Å². The highest BCUT2D eigenvalue weighted by Gasteiger charge is 2.27. The van der Waals surface area contributed by atoms with Crippen molar-refractivity contribution in [2.24, 2.45) is 0 Å². The quantitative estimate of drug-likeness (QED) is 0.666. The van der Waals surface area contributed by atoms with Gasteiger partial charge in [-0.05, 0) is 4.57 Å². The van der Waals surface area contributed by atoms with Gasteiger partial charge in [0.1, 0.15) is 0 Å². The zero-order valence-corrected chi connectivity index (χ0v) is 7.61. The van der Waals surface area contributed by atoms with Gasteiger partial charge in [-0.1, -0.05) is 30.3 Å². The standard InChI is InChI=1S/C7H7O3P.2H2O/c8-7(11(9)10)6-4-2-1-3-5-6;;/h1-5,7-8H;2*1H2/p+3. The van der Waals surface area contributed by atoms with Crippen LogP contribution in [0.5, 0.6) is 0 Å². The van der Waals surface area contributed by atoms with E-state index >= 15 is 0 Å². The lowest BCUT2D eigenvalue weighted by Crippen LogP contribution is -1.89. The van der Waals surface area contributed by atoms with Crippen LogP contribution < -0.4 is 0 Å². The van der Waals surface area contributed by atoms with Gasteiger partial charge >= 0.3 is 16.7 Å². The average Bonchev–Trinajstić information content (AvgIpc) is 2.05. The Morgan fingerprint density at radius 2 is 1.69 bits per heavy atom. The fourth-order valence-corrected chi connectivity index (χ4v) is 1.18. The molecule has 0 heterocycles. The highest BCUT2D eigenvalue weighted by Crippen LogP contribution is 2.34. The zero-order valence-electron chi connectivity index (χ0n) is 8.71. The van der Waals surface area contributed by atoms with Gasteiger partial charge in [0.2, 0.25) is 0 Å². The molecule has 2 unspecified atom stereocenters. The SMILES string of the molecule is O.O.O=[P+](O)C(O)c1ccccc1.[H+].[H+]. The highest BCUT2D eigenvalue weighted by atomic mass is 31.1. The molecule has 0 bridgehead atoms. The Labute approximate surface area is 79.1 Å². The molecule has 0 aliphatic rings. The molecule has 1 rings (SSSR count). The smallest absolute Gasteiger partial charge is 0.412 e. The molecule has 1 aromatic carbocycles. The van der Waals surface area contributed by atoms with E-state index in [1.54, 1.807) is 30.3 Å². The van der Waals surface area contributed by atoms with Crippen LogP contribution in [-0.2, 0) is 4.57 Å². The van der Waals surface area contributed by atoms with Crippen LogP contribution in [-0.4, -0.2) is 21.0 Å². The summed E-state index contributed by atoms with van der Waals surface area (Å²) in [4.78, 5) is 8.53. The Morgan fingerprint density at radius 3 is 2.08 bits per heavy atom. The number of benzene rings is 1. The number of aliphatic hydroxyl groups is 1. The van der Waals surface area contributed by atoms with Gasteiger partial charge in [-0.15, -0.1) is 0 Å². The molecule has 6 N–H and O–H groups in total. The minimum atomic E-state index is -2.53. The van der Waals surface area contributed by atoms with E-state index < -0.39 is 13.9 Å². The molecule has 6 heteroatoms. The third-order valence-corrected chi connectivity index (χ3v) is 2.02. The minimum absolute atomic E-state index is 0. The molecule has 0 saturated heterocycles. The molecule has 74 valence electrons. The van der Waals surface area contributed by atoms with Crippen LogP contribution >= 0.6 is 8.03 Å². The summed E-state index contributed by atoms with van der Waals surface area (Å²) in [7, 11) is -2.53. The molecule has 0 aromatic heterocycles. The molecule has 0 spiro atoms. The van der Waals surface area contributed by atoms with Crippen LogP contribution in [0.3, 0.4) is 0 Å². The van der Waals surface area contributed by atoms with Crippen molar-refractivity contribution in [1.82, 2.24) is 0 Å². The summed E-state index contributed by atoms with van der Waals surface area (Å²) < 4.78 is 10.4. The number of aliphatic hydroxyl groups excluding tert-OH is 1. The lowest BCUT2D eigenvalue weighted by Gasteiger charge is -1.94. The molecule has 13 heavy (non-hydrogen) atoms. The number of hydrogen-bond donors (Lipinski definition) is 2. The monoisotopic (exact) mass is 209 g/mol. The summed E-state index contributed by atoms with van der Waals surface area (Å²) in [6.45, 7) is 0. The summed E-state index contributed by atoms with van der Waals surface area (Å²) >= 11 is 0. The van der Waals surface area contributed by atoms with Crippen molar-refractivity contribution >= 4 is 8.03 Å². The van der Waals surface area contributed by atoms with Crippen molar-refractivity contribution in [3.63, 3.8) is 0 Å². The Morgan fingerprint density at radius 1 is 1.23 bits per heavy atom. The minimum Gasteiger partial charge on any atom is -0.412 e. The topological polar surface area (TPSA) is 121 Å². The summed E-state index contributed by atoms with van der Waals surface area (Å²) in [5.74, 6) is -1.26. The normalized spacial score (nSPS) is 12.0. The van der Waals surface area contributed by atoms with Gasteiger partial charge in [0.25, 0.3) is 0 Å². The van der Waals surface area contributed by atoms with E-state index in [1.807, 2.05) is 0 Å². The third-order valence-electron chi connectivity index (χ3n) is 1.31. The zero-order chi connectivity index (χ0) is 8.27. The van der Waals surface area contributed by atoms with Crippen LogP contribution in [0, 0.1) is 0 Å². The second-order valence-electron chi connectivity index (χ2n) is 2.09. The van der Waals surface area contributed by atoms with E-state index in [0.717, 1.165) is 0 Å². The lowest BCUT2D eigenvalue weighted by molar-refractivity contribution is 0.243. The Kier molecular flexibility index (Phi) is 7.51. The largest absolute Gasteiger partial charge is 1.00 e. The Hall–Kier alpha value is -0.840. The van der Waals surface area contributed by atoms with Gasteiger partial charge < -0.3 is 16.1 Å². The van der Waals surface area contributed by atoms with E-state index in [4.69, 9.17) is 10.00 Å². The maximum Gasteiger partial charge on any atom is 1.00 e. The van der Waals surface area contributed by atoms with E-state index in [9.17, 15) is 4.57 Å². The first kappa shape index (κ1) is 14.7. The predicted molar refractivity (Wildman–Crippen MR) is 50.7 cm³/mol. The van der Waals surface area contributed by atoms with E-state index in [2.05, 4.69) is 0 Å². The van der Waals surface area contributed by atoms with Crippen LogP contribution in [0.4, 0.5) is 0 Å². The summed E-state index contributed by atoms with van der Waals surface area (Å²) in [6.07, 6.45) is 0. The molecule has 0 saturated carbocycles. The van der Waals surface area contributed by atoms with Crippen molar-refractivity contribution < 1.29 is 28.4 Å². The molecular formula is C7H14O5P+3. The van der Waals surface area contributed by atoms with Gasteiger partial charge in [-0.25, -0.2) is 0 Å². The number of hydrogen-bond acceptors (Lipinski definition) is 2. The molecule has 1 aromatic rings. The lowest BCUT2D eigenvalue weighted by atomic mass is 10.2. The van der Waals surface area contributed by atoms with Gasteiger partial charge in [0, 0.05) is 5.56 Å². The number of rotatable bonds is 2. The molecular weight excluding hydrogens is 195 g/mol. The molecule has 2 atom stereocenters. The molecule has 0 fully saturated rings. The fraction of sp³-hybridized carbons (Fsp3) is 0.143. The van der Waals surface area contributed by atoms with Crippen molar-refractivity contribution in [2.45, 2.75) is 5.85 Å². The van der Waals surface area contributed by atoms with E-state index in [1.165, 1.54) is 0 Å². The maximum absolute atomic E-state index is 10.4. The van der Waals surface area contributed by atoms with E-state index in [-0.39, 0.29) is 13.8 Å². The average molecular weight is 209 g/mol. The van der Waals surface area contributed by atoms with Crippen molar-refractivity contribution in [3.05, 3.63) is 35.9 Å². The molecule has 0 radical (unpaired) electrons. The van der Waals surface area contributed by atoms with Gasteiger partial charge in [-0.2, -0.15) is 4.89 Å². The van der Waals surface area contributed by atoms with Crippen LogP contribution in [0.15, 0.2) is 30.3 Å². The fourth-order valence-electron chi connectivity index (χ4n) is 0.753. The summed E-state index contributed by atoms with van der Waals surface area (Å²) in [5.41, 5.74) is 0.469. The van der Waals surface area contributed by atoms with E-state index in [0.29, 0.717) is 5.56 Å². The Balaban J connectivity index is -0.000000151. The van der Waals surface area contributed by atoms with Crippen molar-refractivity contribution in [2.75, 3.05) is 0 Å². The molecule has 0 aliphatic heterocycles. The molecule has 0 aliphatic carbocycles. The van der Waals surface area contributed by atoms with Gasteiger partial charge in [0.15, 0.2) is 0 Å². The van der Waals surface area contributed by atoms with Gasteiger partial charge in [-0.3, -0.25) is 0 Å². The summed E-state index contributed by atoms with van der Waals surface area (Å²) in [6, 6.07) is 8.40. The van der Waals surface area contributed by atoms with Gasteiger partial charge in [0.05, 0.1) is 0 Å². The van der Waals surface area contributed by atoms with Crippen LogP contribution in [0.25, 0.3) is 0 Å². The second-order valence-corrected chi connectivity index (χ2v) is 3.18. The highest BCUT2D eigenvalue weighted by molar-refractivity contribution is 7.38. The predicted octanol–water partition coefficient (Wildman–Crippen LogP) is -0.0122. The molecule has 5 nitrogen and oxygen atoms in total. The first-order valence-electron chi connectivity index (χ1n) is 3.10. The maximum atomic E-state index is 10.4. The second kappa shape index (κ2) is 6.65. The van der Waals surface area contributed by atoms with Crippen molar-refractivity contribution in [1.29, 1.82) is 0 Å². The first-order valence-corrected chi connectivity index (χ1v) is 4.38.